The van der Waals surface area contributed by atoms with Gasteiger partial charge in [0.25, 0.3) is 0 Å². The summed E-state index contributed by atoms with van der Waals surface area (Å²) in [5, 5.41) is 12.4. The molecule has 0 radical (unpaired) electrons. The Morgan fingerprint density at radius 2 is 2.18 bits per heavy atom. The predicted octanol–water partition coefficient (Wildman–Crippen LogP) is 2.57. The van der Waals surface area contributed by atoms with Crippen molar-refractivity contribution in [3.05, 3.63) is 28.7 Å². The minimum Gasteiger partial charge on any atom is -0.481 e. The second kappa shape index (κ2) is 6.01. The van der Waals surface area contributed by atoms with E-state index < -0.39 is 11.4 Å². The fourth-order valence-corrected chi connectivity index (χ4v) is 4.20. The molecular weight excluding hydrogens is 348 g/mol. The van der Waals surface area contributed by atoms with Gasteiger partial charge in [0.2, 0.25) is 5.91 Å². The van der Waals surface area contributed by atoms with Crippen molar-refractivity contribution in [3.8, 4) is 0 Å². The molecule has 1 aromatic carbocycles. The molecule has 1 amide bonds. The van der Waals surface area contributed by atoms with Gasteiger partial charge in [-0.1, -0.05) is 18.6 Å². The highest BCUT2D eigenvalue weighted by atomic mass is 79.9. The number of carbonyl (C=O) groups is 2. The Morgan fingerprint density at radius 1 is 1.41 bits per heavy atom. The van der Waals surface area contributed by atoms with Gasteiger partial charge in [0.1, 0.15) is 0 Å². The minimum atomic E-state index is -0.705. The number of nitrogens with one attached hydrogen (secondary N) is 1. The summed E-state index contributed by atoms with van der Waals surface area (Å²) in [4.78, 5) is 25.8. The van der Waals surface area contributed by atoms with E-state index in [0.29, 0.717) is 13.1 Å². The fraction of sp³-hybridized carbons (Fsp3) is 0.500. The van der Waals surface area contributed by atoms with Crippen LogP contribution in [0.4, 0.5) is 5.69 Å². The molecule has 22 heavy (non-hydrogen) atoms. The highest BCUT2D eigenvalue weighted by Crippen LogP contribution is 2.48. The molecule has 1 aliphatic heterocycles. The van der Waals surface area contributed by atoms with Crippen molar-refractivity contribution >= 4 is 33.5 Å². The third-order valence-electron chi connectivity index (χ3n) is 4.88. The average molecular weight is 367 g/mol. The van der Waals surface area contributed by atoms with E-state index in [1.54, 1.807) is 0 Å². The number of aliphatic carboxylic acids is 1. The number of anilines is 1. The van der Waals surface area contributed by atoms with Crippen LogP contribution in [0.3, 0.4) is 0 Å². The van der Waals surface area contributed by atoms with Gasteiger partial charge in [-0.2, -0.15) is 0 Å². The van der Waals surface area contributed by atoms with Crippen LogP contribution in [0.15, 0.2) is 28.7 Å². The zero-order valence-electron chi connectivity index (χ0n) is 12.2. The van der Waals surface area contributed by atoms with Gasteiger partial charge in [-0.3, -0.25) is 14.5 Å². The number of carbonyl (C=O) groups excluding carboxylic acids is 1. The number of hydrogen-bond donors (Lipinski definition) is 2. The molecule has 1 aromatic rings. The van der Waals surface area contributed by atoms with Crippen molar-refractivity contribution in [3.63, 3.8) is 0 Å². The fourth-order valence-electron chi connectivity index (χ4n) is 3.82. The Hall–Kier alpha value is -1.40. The normalized spacial score (nSPS) is 27.6. The molecule has 0 bridgehead atoms. The zero-order valence-corrected chi connectivity index (χ0v) is 13.8. The Labute approximate surface area is 137 Å². The number of nitrogens with zero attached hydrogens (tertiary/aromatic N) is 1. The molecule has 1 saturated heterocycles. The first kappa shape index (κ1) is 15.5. The van der Waals surface area contributed by atoms with E-state index in [1.807, 2.05) is 29.2 Å². The number of hydrogen-bond acceptors (Lipinski definition) is 3. The van der Waals surface area contributed by atoms with Crippen LogP contribution in [0, 0.1) is 11.3 Å². The van der Waals surface area contributed by atoms with E-state index in [0.717, 1.165) is 29.4 Å². The second-order valence-corrected chi connectivity index (χ2v) is 7.10. The van der Waals surface area contributed by atoms with Crippen molar-refractivity contribution in [1.29, 1.82) is 0 Å². The van der Waals surface area contributed by atoms with Crippen molar-refractivity contribution < 1.29 is 14.7 Å². The van der Waals surface area contributed by atoms with Crippen LogP contribution in [-0.2, 0) is 9.59 Å². The Balaban J connectivity index is 1.62. The first-order valence-electron chi connectivity index (χ1n) is 7.51. The van der Waals surface area contributed by atoms with Gasteiger partial charge >= 0.3 is 5.97 Å². The maximum absolute atomic E-state index is 12.2. The van der Waals surface area contributed by atoms with Crippen molar-refractivity contribution in [2.24, 2.45) is 11.3 Å². The van der Waals surface area contributed by atoms with E-state index in [9.17, 15) is 14.7 Å². The number of fused-ring (bicyclic) bond motifs is 1. The van der Waals surface area contributed by atoms with Crippen LogP contribution >= 0.6 is 15.9 Å². The molecule has 2 N–H and O–H groups in total. The first-order valence-corrected chi connectivity index (χ1v) is 8.31. The smallest absolute Gasteiger partial charge is 0.311 e. The topological polar surface area (TPSA) is 69.6 Å². The van der Waals surface area contributed by atoms with Crippen LogP contribution in [-0.4, -0.2) is 41.5 Å². The lowest BCUT2D eigenvalue weighted by Gasteiger charge is -2.23. The van der Waals surface area contributed by atoms with Crippen molar-refractivity contribution in [1.82, 2.24) is 4.90 Å². The lowest BCUT2D eigenvalue weighted by Crippen LogP contribution is -2.37. The SMILES string of the molecule is O=C(CN1C[C@@H]2CCC[C@@]2(C(=O)O)C1)Nc1ccccc1Br. The van der Waals surface area contributed by atoms with Gasteiger partial charge in [0.15, 0.2) is 0 Å². The van der Waals surface area contributed by atoms with E-state index in [1.165, 1.54) is 0 Å². The molecule has 0 unspecified atom stereocenters. The van der Waals surface area contributed by atoms with Crippen LogP contribution in [0.2, 0.25) is 0 Å². The predicted molar refractivity (Wildman–Crippen MR) is 86.6 cm³/mol. The molecule has 1 heterocycles. The third-order valence-corrected chi connectivity index (χ3v) is 5.57. The molecule has 1 aliphatic carbocycles. The summed E-state index contributed by atoms with van der Waals surface area (Å²) in [5.74, 6) is -0.627. The van der Waals surface area contributed by atoms with Crippen molar-refractivity contribution in [2.45, 2.75) is 19.3 Å². The summed E-state index contributed by atoms with van der Waals surface area (Å²) in [6.07, 6.45) is 2.66. The molecule has 2 atom stereocenters. The lowest BCUT2D eigenvalue weighted by atomic mass is 9.81. The summed E-state index contributed by atoms with van der Waals surface area (Å²) in [5.41, 5.74) is 0.105. The van der Waals surface area contributed by atoms with E-state index in [2.05, 4.69) is 21.2 Å². The van der Waals surface area contributed by atoms with E-state index in [-0.39, 0.29) is 18.4 Å². The van der Waals surface area contributed by atoms with Gasteiger partial charge in [0.05, 0.1) is 17.6 Å². The largest absolute Gasteiger partial charge is 0.481 e. The lowest BCUT2D eigenvalue weighted by molar-refractivity contribution is -0.149. The van der Waals surface area contributed by atoms with Gasteiger partial charge in [-0.05, 0) is 46.8 Å². The molecular formula is C16H19BrN2O3. The van der Waals surface area contributed by atoms with Gasteiger partial charge < -0.3 is 10.4 Å². The molecule has 5 nitrogen and oxygen atoms in total. The molecule has 2 aliphatic rings. The molecule has 1 saturated carbocycles. The molecule has 118 valence electrons. The summed E-state index contributed by atoms with van der Waals surface area (Å²) in [7, 11) is 0. The number of carboxylic acids is 1. The number of carboxylic acid groups (broad SMARTS) is 1. The Bertz CT molecular complexity index is 607. The molecule has 6 heteroatoms. The van der Waals surface area contributed by atoms with Crippen molar-refractivity contribution in [2.75, 3.05) is 25.0 Å². The molecule has 3 rings (SSSR count). The van der Waals surface area contributed by atoms with Crippen LogP contribution in [0.1, 0.15) is 19.3 Å². The van der Waals surface area contributed by atoms with Crippen LogP contribution < -0.4 is 5.32 Å². The second-order valence-electron chi connectivity index (χ2n) is 6.25. The minimum absolute atomic E-state index is 0.104. The number of rotatable bonds is 4. The summed E-state index contributed by atoms with van der Waals surface area (Å²) < 4.78 is 0.837. The van der Waals surface area contributed by atoms with E-state index >= 15 is 0 Å². The highest BCUT2D eigenvalue weighted by Gasteiger charge is 2.54. The van der Waals surface area contributed by atoms with Crippen LogP contribution in [0.5, 0.6) is 0 Å². The number of likely N-dealkylation sites (tertiary alicyclic amines) is 1. The van der Waals surface area contributed by atoms with Crippen LogP contribution in [0.25, 0.3) is 0 Å². The molecule has 2 fully saturated rings. The Kier molecular flexibility index (Phi) is 4.23. The maximum atomic E-state index is 12.2. The quantitative estimate of drug-likeness (QED) is 0.858. The van der Waals surface area contributed by atoms with Gasteiger partial charge in [-0.15, -0.1) is 0 Å². The average Bonchev–Trinajstić information content (AvgIpc) is 2.99. The summed E-state index contributed by atoms with van der Waals surface area (Å²) in [6, 6.07) is 7.45. The first-order chi connectivity index (χ1) is 10.5. The number of halogens is 1. The molecule has 0 spiro atoms. The zero-order chi connectivity index (χ0) is 15.7. The highest BCUT2D eigenvalue weighted by molar-refractivity contribution is 9.10. The molecule has 0 aromatic heterocycles. The standard InChI is InChI=1S/C16H19BrN2O3/c17-12-5-1-2-6-13(12)18-14(20)9-19-8-11-4-3-7-16(11,10-19)15(21)22/h1-2,5-6,11H,3-4,7-10H2,(H,18,20)(H,21,22)/t11-,16+/m0/s1. The maximum Gasteiger partial charge on any atom is 0.311 e. The summed E-state index contributed by atoms with van der Waals surface area (Å²) >= 11 is 3.40. The van der Waals surface area contributed by atoms with Gasteiger partial charge in [-0.25, -0.2) is 0 Å². The summed E-state index contributed by atoms with van der Waals surface area (Å²) in [6.45, 7) is 1.43. The number of benzene rings is 1. The monoisotopic (exact) mass is 366 g/mol. The Morgan fingerprint density at radius 3 is 2.86 bits per heavy atom. The number of amides is 1. The number of para-hydroxylation sites is 1. The van der Waals surface area contributed by atoms with E-state index in [4.69, 9.17) is 0 Å². The van der Waals surface area contributed by atoms with Gasteiger partial charge in [0, 0.05) is 17.6 Å². The third kappa shape index (κ3) is 2.77.